The van der Waals surface area contributed by atoms with Gasteiger partial charge in [-0.15, -0.1) is 0 Å². The summed E-state index contributed by atoms with van der Waals surface area (Å²) < 4.78 is 0. The number of nitrogens with zero attached hydrogens (tertiary/aromatic N) is 1. The highest BCUT2D eigenvalue weighted by Gasteiger charge is 2.37. The van der Waals surface area contributed by atoms with E-state index in [-0.39, 0.29) is 5.54 Å². The minimum Gasteiger partial charge on any atom is -0.309 e. The Morgan fingerprint density at radius 3 is 2.44 bits per heavy atom. The zero-order valence-corrected chi connectivity index (χ0v) is 12.1. The first-order valence-electron chi connectivity index (χ1n) is 6.75. The Morgan fingerprint density at radius 2 is 1.94 bits per heavy atom. The van der Waals surface area contributed by atoms with Crippen LogP contribution in [0.25, 0.3) is 0 Å². The smallest absolute Gasteiger partial charge is 0.0270 e. The van der Waals surface area contributed by atoms with Gasteiger partial charge < -0.3 is 5.32 Å². The van der Waals surface area contributed by atoms with Crippen molar-refractivity contribution in [2.24, 2.45) is 5.41 Å². The Hall–Kier alpha value is -0.0800. The summed E-state index contributed by atoms with van der Waals surface area (Å²) >= 11 is 0. The van der Waals surface area contributed by atoms with Crippen molar-refractivity contribution in [1.29, 1.82) is 0 Å². The van der Waals surface area contributed by atoms with E-state index >= 15 is 0 Å². The molecular formula is C14H30N2. The minimum atomic E-state index is 0.273. The number of hydrogen-bond donors (Lipinski definition) is 1. The molecule has 0 aromatic rings. The molecule has 0 aromatic carbocycles. The van der Waals surface area contributed by atoms with Gasteiger partial charge >= 0.3 is 0 Å². The molecule has 0 saturated carbocycles. The maximum atomic E-state index is 3.68. The van der Waals surface area contributed by atoms with Crippen molar-refractivity contribution in [2.45, 2.75) is 66.0 Å². The van der Waals surface area contributed by atoms with Gasteiger partial charge in [0, 0.05) is 24.7 Å². The van der Waals surface area contributed by atoms with Crippen molar-refractivity contribution in [3.05, 3.63) is 0 Å². The molecule has 0 bridgehead atoms. The summed E-state index contributed by atoms with van der Waals surface area (Å²) in [6, 6.07) is 0.673. The van der Waals surface area contributed by atoms with Crippen LogP contribution in [0.1, 0.15) is 54.4 Å². The van der Waals surface area contributed by atoms with Crippen LogP contribution in [0, 0.1) is 5.41 Å². The van der Waals surface area contributed by atoms with Gasteiger partial charge in [0.25, 0.3) is 0 Å². The standard InChI is InChI=1S/C14H30N2/c1-7-8-9-16-11-14(5,6)15-10-12(16)13(2,3)4/h12,15H,7-11H2,1-6H3. The lowest BCUT2D eigenvalue weighted by molar-refractivity contribution is 0.0324. The molecule has 0 aromatic heterocycles. The summed E-state index contributed by atoms with van der Waals surface area (Å²) in [6.07, 6.45) is 2.61. The molecular weight excluding hydrogens is 196 g/mol. The van der Waals surface area contributed by atoms with Crippen LogP contribution in [0.15, 0.2) is 0 Å². The number of piperazine rings is 1. The van der Waals surface area contributed by atoms with Crippen molar-refractivity contribution in [3.8, 4) is 0 Å². The molecule has 1 heterocycles. The second-order valence-electron chi connectivity index (χ2n) is 6.97. The molecule has 0 radical (unpaired) electrons. The largest absolute Gasteiger partial charge is 0.309 e. The molecule has 1 fully saturated rings. The quantitative estimate of drug-likeness (QED) is 0.796. The van der Waals surface area contributed by atoms with Gasteiger partial charge in [-0.2, -0.15) is 0 Å². The second-order valence-corrected chi connectivity index (χ2v) is 6.97. The monoisotopic (exact) mass is 226 g/mol. The third kappa shape index (κ3) is 3.74. The van der Waals surface area contributed by atoms with Gasteiger partial charge in [0.05, 0.1) is 0 Å². The van der Waals surface area contributed by atoms with E-state index in [1.807, 2.05) is 0 Å². The van der Waals surface area contributed by atoms with Crippen LogP contribution in [0.2, 0.25) is 0 Å². The van der Waals surface area contributed by atoms with Gasteiger partial charge in [-0.3, -0.25) is 4.90 Å². The molecule has 2 heteroatoms. The SMILES string of the molecule is CCCCN1CC(C)(C)NCC1C(C)(C)C. The highest BCUT2D eigenvalue weighted by molar-refractivity contribution is 4.96. The lowest BCUT2D eigenvalue weighted by atomic mass is 9.82. The third-order valence-corrected chi connectivity index (χ3v) is 3.61. The van der Waals surface area contributed by atoms with Crippen LogP contribution < -0.4 is 5.32 Å². The summed E-state index contributed by atoms with van der Waals surface area (Å²) in [5.41, 5.74) is 0.646. The van der Waals surface area contributed by atoms with Crippen LogP contribution >= 0.6 is 0 Å². The fourth-order valence-electron chi connectivity index (χ4n) is 2.63. The van der Waals surface area contributed by atoms with E-state index in [0.29, 0.717) is 11.5 Å². The van der Waals surface area contributed by atoms with Gasteiger partial charge in [-0.25, -0.2) is 0 Å². The number of nitrogens with one attached hydrogen (secondary N) is 1. The van der Waals surface area contributed by atoms with Gasteiger partial charge in [0.15, 0.2) is 0 Å². The van der Waals surface area contributed by atoms with Gasteiger partial charge in [0.1, 0.15) is 0 Å². The number of unbranched alkanes of at least 4 members (excludes halogenated alkanes) is 1. The van der Waals surface area contributed by atoms with Crippen LogP contribution in [-0.2, 0) is 0 Å². The molecule has 1 atom stereocenters. The van der Waals surface area contributed by atoms with Gasteiger partial charge in [-0.05, 0) is 32.2 Å². The van der Waals surface area contributed by atoms with E-state index in [0.717, 1.165) is 6.54 Å². The predicted octanol–water partition coefficient (Wildman–Crippen LogP) is 2.89. The summed E-state index contributed by atoms with van der Waals surface area (Å²) in [6.45, 7) is 17.5. The Balaban J connectivity index is 2.68. The third-order valence-electron chi connectivity index (χ3n) is 3.61. The summed E-state index contributed by atoms with van der Waals surface area (Å²) in [7, 11) is 0. The fraction of sp³-hybridized carbons (Fsp3) is 1.00. The molecule has 96 valence electrons. The Bertz CT molecular complexity index is 215. The summed E-state index contributed by atoms with van der Waals surface area (Å²) in [4.78, 5) is 2.69. The molecule has 1 rings (SSSR count). The lowest BCUT2D eigenvalue weighted by Gasteiger charge is -2.49. The van der Waals surface area contributed by atoms with Crippen molar-refractivity contribution < 1.29 is 0 Å². The van der Waals surface area contributed by atoms with E-state index < -0.39 is 0 Å². The Morgan fingerprint density at radius 1 is 1.31 bits per heavy atom. The number of rotatable bonds is 3. The summed E-state index contributed by atoms with van der Waals surface area (Å²) in [5, 5.41) is 3.68. The molecule has 1 aliphatic heterocycles. The van der Waals surface area contributed by atoms with Crippen molar-refractivity contribution in [2.75, 3.05) is 19.6 Å². The molecule has 1 unspecified atom stereocenters. The summed E-state index contributed by atoms with van der Waals surface area (Å²) in [5.74, 6) is 0. The normalized spacial score (nSPS) is 27.0. The second kappa shape index (κ2) is 5.05. The first-order valence-corrected chi connectivity index (χ1v) is 6.75. The van der Waals surface area contributed by atoms with E-state index in [1.54, 1.807) is 0 Å². The lowest BCUT2D eigenvalue weighted by Crippen LogP contribution is -2.64. The van der Waals surface area contributed by atoms with Crippen LogP contribution in [-0.4, -0.2) is 36.1 Å². The zero-order chi connectivity index (χ0) is 12.4. The van der Waals surface area contributed by atoms with Gasteiger partial charge in [0.2, 0.25) is 0 Å². The first-order chi connectivity index (χ1) is 7.26. The molecule has 0 aliphatic carbocycles. The van der Waals surface area contributed by atoms with Crippen molar-refractivity contribution in [1.82, 2.24) is 10.2 Å². The van der Waals surface area contributed by atoms with E-state index in [2.05, 4.69) is 51.8 Å². The highest BCUT2D eigenvalue weighted by Crippen LogP contribution is 2.28. The predicted molar refractivity (Wildman–Crippen MR) is 71.8 cm³/mol. The molecule has 0 spiro atoms. The molecule has 16 heavy (non-hydrogen) atoms. The fourth-order valence-corrected chi connectivity index (χ4v) is 2.63. The zero-order valence-electron chi connectivity index (χ0n) is 12.1. The molecule has 1 N–H and O–H groups in total. The Labute approximate surface area is 102 Å². The molecule has 1 aliphatic rings. The Kier molecular flexibility index (Phi) is 4.42. The van der Waals surface area contributed by atoms with Crippen LogP contribution in [0.5, 0.6) is 0 Å². The molecule has 1 saturated heterocycles. The number of hydrogen-bond acceptors (Lipinski definition) is 2. The van der Waals surface area contributed by atoms with Crippen LogP contribution in [0.3, 0.4) is 0 Å². The molecule has 0 amide bonds. The van der Waals surface area contributed by atoms with Crippen molar-refractivity contribution >= 4 is 0 Å². The average Bonchev–Trinajstić information content (AvgIpc) is 2.11. The minimum absolute atomic E-state index is 0.273. The van der Waals surface area contributed by atoms with Gasteiger partial charge in [-0.1, -0.05) is 34.1 Å². The molecule has 2 nitrogen and oxygen atoms in total. The first kappa shape index (κ1) is 14.0. The maximum absolute atomic E-state index is 3.68. The van der Waals surface area contributed by atoms with E-state index in [4.69, 9.17) is 0 Å². The van der Waals surface area contributed by atoms with Crippen molar-refractivity contribution in [3.63, 3.8) is 0 Å². The maximum Gasteiger partial charge on any atom is 0.0270 e. The van der Waals surface area contributed by atoms with E-state index in [1.165, 1.54) is 25.9 Å². The van der Waals surface area contributed by atoms with Crippen LogP contribution in [0.4, 0.5) is 0 Å². The average molecular weight is 226 g/mol. The van der Waals surface area contributed by atoms with E-state index in [9.17, 15) is 0 Å². The topological polar surface area (TPSA) is 15.3 Å². The highest BCUT2D eigenvalue weighted by atomic mass is 15.3.